The Morgan fingerprint density at radius 2 is 2.11 bits per heavy atom. The van der Waals surface area contributed by atoms with Crippen LogP contribution < -0.4 is 0 Å². The molecule has 0 fully saturated rings. The van der Waals surface area contributed by atoms with Crippen LogP contribution in [-0.2, 0) is 0 Å². The zero-order valence-electron chi connectivity index (χ0n) is 10.2. The summed E-state index contributed by atoms with van der Waals surface area (Å²) in [6, 6.07) is 5.67. The first-order valence-corrected chi connectivity index (χ1v) is 6.52. The number of phenols is 2. The number of ketones is 1. The molecule has 19 heavy (non-hydrogen) atoms. The van der Waals surface area contributed by atoms with Gasteiger partial charge in [0.15, 0.2) is 10.9 Å². The average molecular weight is 276 g/mol. The monoisotopic (exact) mass is 276 g/mol. The smallest absolute Gasteiger partial charge is 0.188 e. The fraction of sp³-hybridized carbons (Fsp3) is 0.154. The van der Waals surface area contributed by atoms with Crippen LogP contribution in [0, 0.1) is 6.92 Å². The fourth-order valence-electron chi connectivity index (χ4n) is 1.46. The van der Waals surface area contributed by atoms with Gasteiger partial charge in [0.05, 0.1) is 11.3 Å². The van der Waals surface area contributed by atoms with Gasteiger partial charge in [-0.25, -0.2) is 9.97 Å². The van der Waals surface area contributed by atoms with Gasteiger partial charge in [0.2, 0.25) is 0 Å². The van der Waals surface area contributed by atoms with E-state index in [-0.39, 0.29) is 28.6 Å². The first-order chi connectivity index (χ1) is 9.06. The van der Waals surface area contributed by atoms with E-state index in [2.05, 4.69) is 9.97 Å². The number of thioether (sulfide) groups is 1. The molecule has 0 aliphatic rings. The summed E-state index contributed by atoms with van der Waals surface area (Å²) < 4.78 is 0. The summed E-state index contributed by atoms with van der Waals surface area (Å²) in [5.74, 6) is -0.422. The van der Waals surface area contributed by atoms with Crippen LogP contribution in [0.15, 0.2) is 35.6 Å². The van der Waals surface area contributed by atoms with Crippen molar-refractivity contribution in [1.82, 2.24) is 9.97 Å². The van der Waals surface area contributed by atoms with Crippen LogP contribution in [0.25, 0.3) is 0 Å². The van der Waals surface area contributed by atoms with Gasteiger partial charge >= 0.3 is 0 Å². The third-order valence-electron chi connectivity index (χ3n) is 2.39. The molecule has 1 heterocycles. The molecule has 0 radical (unpaired) electrons. The quantitative estimate of drug-likeness (QED) is 0.506. The Hall–Kier alpha value is -2.08. The van der Waals surface area contributed by atoms with Gasteiger partial charge in [-0.2, -0.15) is 0 Å². The van der Waals surface area contributed by atoms with E-state index in [1.165, 1.54) is 23.9 Å². The van der Waals surface area contributed by atoms with Crippen LogP contribution in [0.2, 0.25) is 0 Å². The van der Waals surface area contributed by atoms with E-state index in [0.29, 0.717) is 5.16 Å². The lowest BCUT2D eigenvalue weighted by molar-refractivity contribution is 0.102. The standard InChI is InChI=1S/C13H12N2O3S/c1-8-4-5-14-13(15-8)19-7-12(18)10-3-2-9(16)6-11(10)17/h2-6,16-17H,7H2,1H3. The van der Waals surface area contributed by atoms with Crippen LogP contribution >= 0.6 is 11.8 Å². The second-order valence-corrected chi connectivity index (χ2v) is 4.84. The van der Waals surface area contributed by atoms with Crippen molar-refractivity contribution in [2.24, 2.45) is 0 Å². The number of nitrogens with zero attached hydrogens (tertiary/aromatic N) is 2. The maximum Gasteiger partial charge on any atom is 0.188 e. The van der Waals surface area contributed by atoms with Crippen LogP contribution in [0.5, 0.6) is 11.5 Å². The van der Waals surface area contributed by atoms with Crippen molar-refractivity contribution in [3.05, 3.63) is 41.7 Å². The predicted molar refractivity (Wildman–Crippen MR) is 71.6 cm³/mol. The number of aromatic nitrogens is 2. The summed E-state index contributed by atoms with van der Waals surface area (Å²) in [6.45, 7) is 1.85. The zero-order valence-corrected chi connectivity index (χ0v) is 11.0. The van der Waals surface area contributed by atoms with Crippen molar-refractivity contribution >= 4 is 17.5 Å². The minimum absolute atomic E-state index is 0.0799. The van der Waals surface area contributed by atoms with E-state index in [9.17, 15) is 9.90 Å². The number of hydrogen-bond donors (Lipinski definition) is 2. The highest BCUT2D eigenvalue weighted by atomic mass is 32.2. The first-order valence-electron chi connectivity index (χ1n) is 5.54. The van der Waals surface area contributed by atoms with Gasteiger partial charge in [0, 0.05) is 18.0 Å². The number of carbonyl (C=O) groups excluding carboxylic acids is 1. The molecule has 5 nitrogen and oxygen atoms in total. The molecule has 98 valence electrons. The molecule has 2 aromatic rings. The minimum atomic E-state index is -0.243. The molecule has 6 heteroatoms. The van der Waals surface area contributed by atoms with Gasteiger partial charge in [0.25, 0.3) is 0 Å². The van der Waals surface area contributed by atoms with Crippen LogP contribution in [0.1, 0.15) is 16.1 Å². The Bertz CT molecular complexity index is 617. The van der Waals surface area contributed by atoms with Crippen molar-refractivity contribution in [3.8, 4) is 11.5 Å². The van der Waals surface area contributed by atoms with E-state index in [0.717, 1.165) is 11.8 Å². The maximum atomic E-state index is 11.9. The van der Waals surface area contributed by atoms with Crippen molar-refractivity contribution < 1.29 is 15.0 Å². The summed E-state index contributed by atoms with van der Waals surface area (Å²) in [6.07, 6.45) is 1.63. The SMILES string of the molecule is Cc1ccnc(SCC(=O)c2ccc(O)cc2O)n1. The topological polar surface area (TPSA) is 83.3 Å². The number of aryl methyl sites for hydroxylation is 1. The fourth-order valence-corrected chi connectivity index (χ4v) is 2.22. The maximum absolute atomic E-state index is 11.9. The zero-order chi connectivity index (χ0) is 13.8. The molecule has 0 spiro atoms. The largest absolute Gasteiger partial charge is 0.508 e. The molecule has 2 N–H and O–H groups in total. The van der Waals surface area contributed by atoms with E-state index < -0.39 is 0 Å². The molecule has 0 saturated heterocycles. The van der Waals surface area contributed by atoms with E-state index in [1.807, 2.05) is 6.92 Å². The molecule has 0 aliphatic carbocycles. The molecular weight excluding hydrogens is 264 g/mol. The summed E-state index contributed by atoms with van der Waals surface area (Å²) in [5.41, 5.74) is 1.01. The Kier molecular flexibility index (Phi) is 4.01. The Labute approximate surface area is 114 Å². The molecule has 1 aromatic carbocycles. The highest BCUT2D eigenvalue weighted by molar-refractivity contribution is 7.99. The molecule has 0 saturated carbocycles. The number of Topliss-reactive ketones (excluding diaryl/α,β-unsaturated/α-hetero) is 1. The van der Waals surface area contributed by atoms with E-state index in [1.54, 1.807) is 12.3 Å². The molecular formula is C13H12N2O3S. The number of benzene rings is 1. The second kappa shape index (κ2) is 5.71. The average Bonchev–Trinajstić information content (AvgIpc) is 2.36. The molecule has 0 unspecified atom stereocenters. The van der Waals surface area contributed by atoms with Crippen LogP contribution in [-0.4, -0.2) is 31.7 Å². The number of carbonyl (C=O) groups is 1. The minimum Gasteiger partial charge on any atom is -0.508 e. The summed E-state index contributed by atoms with van der Waals surface area (Å²) in [4.78, 5) is 20.1. The lowest BCUT2D eigenvalue weighted by atomic mass is 10.1. The van der Waals surface area contributed by atoms with Gasteiger partial charge < -0.3 is 10.2 Å². The number of aromatic hydroxyl groups is 2. The van der Waals surface area contributed by atoms with Gasteiger partial charge in [-0.05, 0) is 25.1 Å². The number of rotatable bonds is 4. The number of phenolic OH excluding ortho intramolecular Hbond substituents is 2. The Morgan fingerprint density at radius 3 is 2.79 bits per heavy atom. The van der Waals surface area contributed by atoms with Crippen LogP contribution in [0.3, 0.4) is 0 Å². The van der Waals surface area contributed by atoms with Crippen molar-refractivity contribution in [3.63, 3.8) is 0 Å². The van der Waals surface area contributed by atoms with Gasteiger partial charge in [-0.1, -0.05) is 11.8 Å². The molecule has 1 aromatic heterocycles. The lowest BCUT2D eigenvalue weighted by Gasteiger charge is -2.04. The Balaban J connectivity index is 2.05. The summed E-state index contributed by atoms with van der Waals surface area (Å²) >= 11 is 1.21. The molecule has 0 bridgehead atoms. The van der Waals surface area contributed by atoms with Crippen molar-refractivity contribution in [2.75, 3.05) is 5.75 Å². The van der Waals surface area contributed by atoms with Gasteiger partial charge in [-0.15, -0.1) is 0 Å². The van der Waals surface area contributed by atoms with Gasteiger partial charge in [0.1, 0.15) is 11.5 Å². The summed E-state index contributed by atoms with van der Waals surface area (Å²) in [5, 5.41) is 19.3. The Morgan fingerprint density at radius 1 is 1.32 bits per heavy atom. The number of hydrogen-bond acceptors (Lipinski definition) is 6. The first kappa shape index (κ1) is 13.4. The van der Waals surface area contributed by atoms with E-state index >= 15 is 0 Å². The van der Waals surface area contributed by atoms with Crippen LogP contribution in [0.4, 0.5) is 0 Å². The third kappa shape index (κ3) is 3.45. The van der Waals surface area contributed by atoms with E-state index in [4.69, 9.17) is 5.11 Å². The van der Waals surface area contributed by atoms with Gasteiger partial charge in [-0.3, -0.25) is 4.79 Å². The molecule has 0 atom stereocenters. The molecule has 2 rings (SSSR count). The molecule has 0 amide bonds. The molecule has 0 aliphatic heterocycles. The van der Waals surface area contributed by atoms with Crippen molar-refractivity contribution in [2.45, 2.75) is 12.1 Å². The highest BCUT2D eigenvalue weighted by Gasteiger charge is 2.12. The predicted octanol–water partition coefficient (Wildman–Crippen LogP) is 2.17. The second-order valence-electron chi connectivity index (χ2n) is 3.89. The lowest BCUT2D eigenvalue weighted by Crippen LogP contribution is -2.03. The van der Waals surface area contributed by atoms with Crippen molar-refractivity contribution in [1.29, 1.82) is 0 Å². The summed E-state index contributed by atoms with van der Waals surface area (Å²) in [7, 11) is 0. The normalized spacial score (nSPS) is 10.4. The highest BCUT2D eigenvalue weighted by Crippen LogP contribution is 2.24. The third-order valence-corrected chi connectivity index (χ3v) is 3.25.